The molecule has 2 N–H and O–H groups in total. The highest BCUT2D eigenvalue weighted by Gasteiger charge is 2.41. The van der Waals surface area contributed by atoms with E-state index in [4.69, 9.17) is 9.47 Å². The maximum atomic E-state index is 15.3. The van der Waals surface area contributed by atoms with Crippen molar-refractivity contribution in [2.75, 3.05) is 32.7 Å². The summed E-state index contributed by atoms with van der Waals surface area (Å²) in [6.45, 7) is 1.66. The molecule has 4 aromatic heterocycles. The molecule has 36 heavy (non-hydrogen) atoms. The molecule has 0 bridgehead atoms. The van der Waals surface area contributed by atoms with Crippen LogP contribution in [0.4, 0.5) is 14.7 Å². The van der Waals surface area contributed by atoms with Crippen molar-refractivity contribution in [1.29, 1.82) is 0 Å². The van der Waals surface area contributed by atoms with Crippen molar-refractivity contribution < 1.29 is 23.0 Å². The van der Waals surface area contributed by atoms with Gasteiger partial charge in [0.2, 0.25) is 11.8 Å². The van der Waals surface area contributed by atoms with Gasteiger partial charge in [-0.15, -0.1) is 5.10 Å². The maximum Gasteiger partial charge on any atom is 0.269 e. The predicted molar refractivity (Wildman–Crippen MR) is 126 cm³/mol. The number of ether oxygens (including phenoxy) is 2. The summed E-state index contributed by atoms with van der Waals surface area (Å²) in [7, 11) is 2.90. The standard InChI is InChI=1S/C24H25F2N7O3/c1-27-21(34)17-8-28-20-15(25)7-13(9-32(17)20)18-16(26)10-33-19(18)22(35-2)30-23(31-33)29-14-3-5-24(6-4-14)11-36-12-24/h7-10,14H,3-6,11-12H2,1-2H3,(H,27,34)(H,29,31). The molecule has 0 radical (unpaired) electrons. The van der Waals surface area contributed by atoms with Crippen LogP contribution in [-0.4, -0.2) is 63.3 Å². The maximum absolute atomic E-state index is 15.3. The zero-order chi connectivity index (χ0) is 25.0. The molecule has 1 aliphatic heterocycles. The fourth-order valence-electron chi connectivity index (χ4n) is 5.21. The van der Waals surface area contributed by atoms with Crippen LogP contribution in [0.2, 0.25) is 0 Å². The Morgan fingerprint density at radius 1 is 1.22 bits per heavy atom. The van der Waals surface area contributed by atoms with Gasteiger partial charge in [0.05, 0.1) is 38.3 Å². The number of carbonyl (C=O) groups excluding carboxylic acids is 1. The van der Waals surface area contributed by atoms with Gasteiger partial charge in [0.15, 0.2) is 17.3 Å². The van der Waals surface area contributed by atoms with Crippen molar-refractivity contribution in [3.63, 3.8) is 0 Å². The second-order valence-electron chi connectivity index (χ2n) is 9.49. The summed E-state index contributed by atoms with van der Waals surface area (Å²) in [4.78, 5) is 20.7. The van der Waals surface area contributed by atoms with Crippen LogP contribution >= 0.6 is 0 Å². The number of anilines is 1. The van der Waals surface area contributed by atoms with Crippen molar-refractivity contribution in [3.8, 4) is 17.0 Å². The Morgan fingerprint density at radius 2 is 2.00 bits per heavy atom. The summed E-state index contributed by atoms with van der Waals surface area (Å²) in [5.74, 6) is -1.32. The highest BCUT2D eigenvalue weighted by Crippen LogP contribution is 2.43. The lowest BCUT2D eigenvalue weighted by atomic mass is 9.71. The van der Waals surface area contributed by atoms with E-state index in [9.17, 15) is 9.18 Å². The van der Waals surface area contributed by atoms with E-state index in [0.29, 0.717) is 11.4 Å². The smallest absolute Gasteiger partial charge is 0.269 e. The van der Waals surface area contributed by atoms with E-state index >= 15 is 4.39 Å². The zero-order valence-electron chi connectivity index (χ0n) is 19.8. The zero-order valence-corrected chi connectivity index (χ0v) is 19.8. The van der Waals surface area contributed by atoms with Crippen LogP contribution in [-0.2, 0) is 4.74 Å². The number of methoxy groups -OCH3 is 1. The van der Waals surface area contributed by atoms with Gasteiger partial charge in [0.25, 0.3) is 5.91 Å². The predicted octanol–water partition coefficient (Wildman–Crippen LogP) is 3.06. The minimum atomic E-state index is -0.702. The first-order chi connectivity index (χ1) is 17.4. The molecule has 0 atom stereocenters. The van der Waals surface area contributed by atoms with Crippen molar-refractivity contribution in [1.82, 2.24) is 29.3 Å². The number of nitrogens with zero attached hydrogens (tertiary/aromatic N) is 5. The van der Waals surface area contributed by atoms with Gasteiger partial charge in [-0.25, -0.2) is 18.3 Å². The first-order valence-electron chi connectivity index (χ1n) is 11.8. The molecule has 1 spiro atoms. The highest BCUT2D eigenvalue weighted by atomic mass is 19.1. The Balaban J connectivity index is 1.38. The number of hydrogen-bond acceptors (Lipinski definition) is 7. The molecular weight excluding hydrogens is 472 g/mol. The average Bonchev–Trinajstić information content (AvgIpc) is 3.43. The molecule has 0 unspecified atom stereocenters. The first kappa shape index (κ1) is 22.7. The molecule has 188 valence electrons. The number of hydrogen-bond donors (Lipinski definition) is 2. The Morgan fingerprint density at radius 3 is 2.67 bits per heavy atom. The summed E-state index contributed by atoms with van der Waals surface area (Å²) in [5.41, 5.74) is 0.887. The Hall–Kier alpha value is -3.80. The van der Waals surface area contributed by atoms with Crippen LogP contribution in [0.1, 0.15) is 36.2 Å². The number of halogens is 2. The Bertz CT molecular complexity index is 1480. The molecule has 12 heteroatoms. The van der Waals surface area contributed by atoms with Gasteiger partial charge in [-0.1, -0.05) is 0 Å². The number of rotatable bonds is 5. The average molecular weight is 498 g/mol. The van der Waals surface area contributed by atoms with Crippen LogP contribution in [0.3, 0.4) is 0 Å². The molecule has 4 aromatic rings. The molecule has 6 rings (SSSR count). The number of fused-ring (bicyclic) bond motifs is 2. The van der Waals surface area contributed by atoms with E-state index in [2.05, 4.69) is 25.7 Å². The third-order valence-electron chi connectivity index (χ3n) is 7.25. The normalized spacial score (nSPS) is 17.4. The molecule has 2 fully saturated rings. The van der Waals surface area contributed by atoms with Crippen molar-refractivity contribution >= 4 is 23.0 Å². The van der Waals surface area contributed by atoms with Gasteiger partial charge < -0.3 is 20.1 Å². The van der Waals surface area contributed by atoms with E-state index in [-0.39, 0.29) is 39.9 Å². The van der Waals surface area contributed by atoms with Gasteiger partial charge >= 0.3 is 0 Å². The van der Waals surface area contributed by atoms with Crippen molar-refractivity contribution in [2.24, 2.45) is 5.41 Å². The molecule has 1 saturated heterocycles. The molecule has 5 heterocycles. The van der Waals surface area contributed by atoms with Crippen LogP contribution in [0.5, 0.6) is 5.88 Å². The first-order valence-corrected chi connectivity index (χ1v) is 11.8. The second kappa shape index (κ2) is 8.40. The lowest BCUT2D eigenvalue weighted by Crippen LogP contribution is -2.47. The highest BCUT2D eigenvalue weighted by molar-refractivity contribution is 5.93. The van der Waals surface area contributed by atoms with Gasteiger partial charge in [-0.3, -0.25) is 9.20 Å². The summed E-state index contributed by atoms with van der Waals surface area (Å²) < 4.78 is 43.8. The minimum absolute atomic E-state index is 0.0429. The van der Waals surface area contributed by atoms with E-state index in [1.165, 1.54) is 47.7 Å². The Labute approximate surface area is 204 Å². The van der Waals surface area contributed by atoms with Gasteiger partial charge in [-0.2, -0.15) is 4.98 Å². The van der Waals surface area contributed by atoms with Crippen LogP contribution in [0, 0.1) is 17.0 Å². The molecule has 1 saturated carbocycles. The summed E-state index contributed by atoms with van der Waals surface area (Å²) in [5, 5.41) is 10.3. The molecular formula is C24H25F2N7O3. The number of pyridine rings is 1. The third kappa shape index (κ3) is 3.55. The monoisotopic (exact) mass is 497 g/mol. The number of imidazole rings is 1. The van der Waals surface area contributed by atoms with E-state index in [0.717, 1.165) is 38.9 Å². The lowest BCUT2D eigenvalue weighted by molar-refractivity contribution is -0.131. The Kier molecular flexibility index (Phi) is 5.29. The third-order valence-corrected chi connectivity index (χ3v) is 7.25. The fraction of sp³-hybridized carbons (Fsp3) is 0.417. The van der Waals surface area contributed by atoms with Crippen molar-refractivity contribution in [3.05, 3.63) is 42.0 Å². The summed E-state index contributed by atoms with van der Waals surface area (Å²) in [6, 6.07) is 1.36. The van der Waals surface area contributed by atoms with Crippen molar-refractivity contribution in [2.45, 2.75) is 31.7 Å². The molecule has 0 aromatic carbocycles. The van der Waals surface area contributed by atoms with Crippen LogP contribution in [0.25, 0.3) is 22.3 Å². The van der Waals surface area contributed by atoms with Crippen LogP contribution in [0.15, 0.2) is 24.7 Å². The number of aromatic nitrogens is 5. The van der Waals surface area contributed by atoms with Gasteiger partial charge in [0.1, 0.15) is 11.2 Å². The molecule has 1 aliphatic carbocycles. The quantitative estimate of drug-likeness (QED) is 0.436. The van der Waals surface area contributed by atoms with E-state index in [1.54, 1.807) is 0 Å². The number of carbonyl (C=O) groups is 1. The summed E-state index contributed by atoms with van der Waals surface area (Å²) >= 11 is 0. The number of nitrogens with one attached hydrogen (secondary N) is 2. The van der Waals surface area contributed by atoms with Gasteiger partial charge in [0, 0.05) is 30.3 Å². The lowest BCUT2D eigenvalue weighted by Gasteiger charge is -2.46. The van der Waals surface area contributed by atoms with E-state index in [1.807, 2.05) is 0 Å². The SMILES string of the molecule is CNC(=O)c1cnc2c(F)cc(-c3c(F)cn4nc(NC5CCC6(CC5)COC6)nc(OC)c34)cn12. The molecule has 2 aliphatic rings. The molecule has 1 amide bonds. The van der Waals surface area contributed by atoms with Gasteiger partial charge in [-0.05, 0) is 31.7 Å². The second-order valence-corrected chi connectivity index (χ2v) is 9.49. The van der Waals surface area contributed by atoms with Crippen LogP contribution < -0.4 is 15.4 Å². The van der Waals surface area contributed by atoms with E-state index < -0.39 is 17.5 Å². The largest absolute Gasteiger partial charge is 0.479 e. The fourth-order valence-corrected chi connectivity index (χ4v) is 5.21. The number of amides is 1. The molecule has 10 nitrogen and oxygen atoms in total. The minimum Gasteiger partial charge on any atom is -0.479 e. The topological polar surface area (TPSA) is 107 Å². The summed E-state index contributed by atoms with van der Waals surface area (Å²) in [6.07, 6.45) is 8.02.